The van der Waals surface area contributed by atoms with Crippen LogP contribution in [0.4, 0.5) is 0 Å². The summed E-state index contributed by atoms with van der Waals surface area (Å²) in [5, 5.41) is 0. The molecule has 3 aliphatic rings. The Morgan fingerprint density at radius 1 is 0.476 bits per heavy atom. The van der Waals surface area contributed by atoms with Crippen LogP contribution in [0.2, 0.25) is 0 Å². The van der Waals surface area contributed by atoms with Crippen LogP contribution < -0.4 is 11.5 Å². The third-order valence-electron chi connectivity index (χ3n) is 10.2. The Hall–Kier alpha value is -0.160. The van der Waals surface area contributed by atoms with E-state index in [1.54, 1.807) is 0 Å². The summed E-state index contributed by atoms with van der Waals surface area (Å²) in [6.07, 6.45) is 7.91. The molecule has 2 heterocycles. The molecule has 2 saturated heterocycles. The van der Waals surface area contributed by atoms with Gasteiger partial charge in [-0.25, -0.2) is 0 Å². The minimum atomic E-state index is -0.0694. The smallest absolute Gasteiger partial charge is 0.0878 e. The quantitative estimate of drug-likeness (QED) is 0.317. The topological polar surface area (TPSA) is 70.5 Å². The van der Waals surface area contributed by atoms with Crippen LogP contribution >= 0.6 is 0 Å². The van der Waals surface area contributed by atoms with E-state index in [0.29, 0.717) is 29.1 Å². The number of rotatable bonds is 6. The predicted octanol–water partition coefficient (Wildman–Crippen LogP) is 11.1. The van der Waals surface area contributed by atoms with Crippen molar-refractivity contribution in [2.45, 2.75) is 194 Å². The summed E-state index contributed by atoms with van der Waals surface area (Å²) in [7, 11) is 0. The van der Waals surface area contributed by atoms with Gasteiger partial charge in [0, 0.05) is 25.3 Å². The number of ether oxygens (including phenoxy) is 2. The summed E-state index contributed by atoms with van der Waals surface area (Å²) in [5.41, 5.74) is 12.7. The van der Waals surface area contributed by atoms with Gasteiger partial charge in [0.05, 0.1) is 11.2 Å². The van der Waals surface area contributed by atoms with Crippen LogP contribution in [-0.4, -0.2) is 36.5 Å². The highest BCUT2D eigenvalue weighted by Gasteiger charge is 2.48. The fourth-order valence-corrected chi connectivity index (χ4v) is 7.96. The molecule has 4 heteroatoms. The molecule has 1 saturated carbocycles. The summed E-state index contributed by atoms with van der Waals surface area (Å²) in [6, 6.07) is 0.440. The average molecular weight is 603 g/mol. The van der Waals surface area contributed by atoms with Gasteiger partial charge in [-0.3, -0.25) is 0 Å². The first-order chi connectivity index (χ1) is 19.1. The van der Waals surface area contributed by atoms with Crippen molar-refractivity contribution in [1.82, 2.24) is 0 Å². The summed E-state index contributed by atoms with van der Waals surface area (Å²) in [5.74, 6) is 3.80. The molecule has 2 unspecified atom stereocenters. The van der Waals surface area contributed by atoms with Crippen molar-refractivity contribution in [3.05, 3.63) is 0 Å². The first kappa shape index (κ1) is 48.7. The van der Waals surface area contributed by atoms with Gasteiger partial charge in [-0.2, -0.15) is 0 Å². The van der Waals surface area contributed by atoms with E-state index in [-0.39, 0.29) is 30.7 Å². The molecule has 0 radical (unpaired) electrons. The van der Waals surface area contributed by atoms with Crippen LogP contribution in [0, 0.1) is 40.9 Å². The molecular formula is C38H86N2O2. The van der Waals surface area contributed by atoms with E-state index in [1.807, 2.05) is 41.5 Å². The Kier molecular flexibility index (Phi) is 28.0. The molecule has 0 spiro atoms. The Labute approximate surface area is 268 Å². The van der Waals surface area contributed by atoms with Gasteiger partial charge in [0.25, 0.3) is 0 Å². The molecule has 4 N–H and O–H groups in total. The van der Waals surface area contributed by atoms with Gasteiger partial charge in [0.1, 0.15) is 0 Å². The Bertz CT molecular complexity index is 530. The van der Waals surface area contributed by atoms with Crippen molar-refractivity contribution in [1.29, 1.82) is 0 Å². The maximum absolute atomic E-state index is 6.09. The zero-order valence-corrected chi connectivity index (χ0v) is 31.7. The van der Waals surface area contributed by atoms with Crippen molar-refractivity contribution < 1.29 is 9.47 Å². The Morgan fingerprint density at radius 3 is 0.810 bits per heavy atom. The van der Waals surface area contributed by atoms with Gasteiger partial charge < -0.3 is 20.9 Å². The van der Waals surface area contributed by atoms with Crippen molar-refractivity contribution in [2.24, 2.45) is 52.4 Å². The van der Waals surface area contributed by atoms with Gasteiger partial charge in [-0.05, 0) is 66.6 Å². The predicted molar refractivity (Wildman–Crippen MR) is 193 cm³/mol. The molecule has 0 aromatic heterocycles. The first-order valence-corrected chi connectivity index (χ1v) is 17.9. The van der Waals surface area contributed by atoms with E-state index in [0.717, 1.165) is 37.9 Å². The van der Waals surface area contributed by atoms with Crippen LogP contribution in [0.15, 0.2) is 0 Å². The maximum Gasteiger partial charge on any atom is 0.0878 e. The van der Waals surface area contributed by atoms with Crippen molar-refractivity contribution in [3.8, 4) is 0 Å². The van der Waals surface area contributed by atoms with Crippen molar-refractivity contribution >= 4 is 0 Å². The second kappa shape index (κ2) is 24.1. The van der Waals surface area contributed by atoms with E-state index in [2.05, 4.69) is 83.1 Å². The van der Waals surface area contributed by atoms with E-state index >= 15 is 0 Å². The van der Waals surface area contributed by atoms with Crippen LogP contribution in [0.5, 0.6) is 0 Å². The SMILES string of the molecule is C.CC.CC.CC.CC(C)C1(C(C)C)CCCC1.CC(C)C1(C(C)C)OCCC1N.CC(C)C1(C(C)C)OCCC1N. The minimum absolute atomic E-state index is 0. The van der Waals surface area contributed by atoms with Crippen LogP contribution in [0.25, 0.3) is 0 Å². The van der Waals surface area contributed by atoms with Gasteiger partial charge >= 0.3 is 0 Å². The van der Waals surface area contributed by atoms with E-state index in [4.69, 9.17) is 20.9 Å². The van der Waals surface area contributed by atoms with Gasteiger partial charge in [0.15, 0.2) is 0 Å². The molecule has 0 aromatic rings. The second-order valence-electron chi connectivity index (χ2n) is 13.6. The van der Waals surface area contributed by atoms with Gasteiger partial charge in [-0.1, -0.05) is 145 Å². The maximum atomic E-state index is 6.09. The summed E-state index contributed by atoms with van der Waals surface area (Å²) >= 11 is 0. The minimum Gasteiger partial charge on any atom is -0.373 e. The molecule has 2 atom stereocenters. The summed E-state index contributed by atoms with van der Waals surface area (Å²) in [6.45, 7) is 40.8. The normalized spacial score (nSPS) is 23.0. The first-order valence-electron chi connectivity index (χ1n) is 17.9. The standard InChI is InChI=1S/C11H22.2C10H21NO.3C2H6.CH4/c1-9(2)11(10(3)4)7-5-6-8-11;2*1-7(2)10(8(3)4)9(11)5-6-12-10;3*1-2;/h9-10H,5-8H2,1-4H3;2*7-9H,5-6,11H2,1-4H3;3*1-2H3;1H4. The van der Waals surface area contributed by atoms with Crippen LogP contribution in [0.1, 0.15) is 171 Å². The highest BCUT2D eigenvalue weighted by Crippen LogP contribution is 2.49. The number of hydrogen-bond acceptors (Lipinski definition) is 4. The largest absolute Gasteiger partial charge is 0.373 e. The van der Waals surface area contributed by atoms with Crippen LogP contribution in [0.3, 0.4) is 0 Å². The molecule has 0 bridgehead atoms. The fraction of sp³-hybridized carbons (Fsp3) is 1.00. The van der Waals surface area contributed by atoms with E-state index in [9.17, 15) is 0 Å². The highest BCUT2D eigenvalue weighted by molar-refractivity contribution is 5.01. The van der Waals surface area contributed by atoms with Gasteiger partial charge in [-0.15, -0.1) is 0 Å². The molecule has 0 amide bonds. The zero-order valence-electron chi connectivity index (χ0n) is 31.7. The van der Waals surface area contributed by atoms with E-state index in [1.165, 1.54) is 25.7 Å². The Morgan fingerprint density at radius 2 is 0.714 bits per heavy atom. The van der Waals surface area contributed by atoms with Crippen LogP contribution in [-0.2, 0) is 9.47 Å². The molecule has 2 aliphatic heterocycles. The molecule has 3 rings (SSSR count). The lowest BCUT2D eigenvalue weighted by Gasteiger charge is -2.40. The highest BCUT2D eigenvalue weighted by atomic mass is 16.5. The molecular weight excluding hydrogens is 516 g/mol. The zero-order chi connectivity index (χ0) is 33.2. The number of nitrogens with two attached hydrogens (primary N) is 2. The lowest BCUT2D eigenvalue weighted by Crippen LogP contribution is -2.52. The van der Waals surface area contributed by atoms with Crippen molar-refractivity contribution in [2.75, 3.05) is 13.2 Å². The third-order valence-corrected chi connectivity index (χ3v) is 10.2. The molecule has 0 aromatic carbocycles. The third kappa shape index (κ3) is 12.0. The van der Waals surface area contributed by atoms with Gasteiger partial charge in [0.2, 0.25) is 0 Å². The molecule has 1 aliphatic carbocycles. The lowest BCUT2D eigenvalue weighted by atomic mass is 9.68. The molecule has 3 fully saturated rings. The van der Waals surface area contributed by atoms with Crippen molar-refractivity contribution in [3.63, 3.8) is 0 Å². The Balaban J connectivity index is -0.000000234. The average Bonchev–Trinajstić information content (AvgIpc) is 3.67. The van der Waals surface area contributed by atoms with E-state index < -0.39 is 0 Å². The monoisotopic (exact) mass is 603 g/mol. The molecule has 42 heavy (non-hydrogen) atoms. The fourth-order valence-electron chi connectivity index (χ4n) is 7.96. The molecule has 260 valence electrons. The lowest BCUT2D eigenvalue weighted by molar-refractivity contribution is -0.0764. The number of hydrogen-bond donors (Lipinski definition) is 2. The second-order valence-corrected chi connectivity index (χ2v) is 13.6. The summed E-state index contributed by atoms with van der Waals surface area (Å²) < 4.78 is 11.7. The molecule has 4 nitrogen and oxygen atoms in total. The summed E-state index contributed by atoms with van der Waals surface area (Å²) in [4.78, 5) is 0.